The van der Waals surface area contributed by atoms with Crippen LogP contribution in [0.1, 0.15) is 10.6 Å². The largest absolute Gasteiger partial charge is 1.00 e. The molecular formula is C10H14INOS. The van der Waals surface area contributed by atoms with E-state index in [2.05, 4.69) is 30.0 Å². The molecule has 0 unspecified atom stereocenters. The maximum absolute atomic E-state index is 5.21. The summed E-state index contributed by atoms with van der Waals surface area (Å²) in [6.07, 6.45) is 6.02. The number of thiazole rings is 1. The molecule has 0 fully saturated rings. The number of hydrogen-bond acceptors (Lipinski definition) is 2. The Balaban J connectivity index is 0.00000169. The molecule has 0 atom stereocenters. The van der Waals surface area contributed by atoms with E-state index in [1.807, 2.05) is 0 Å². The fourth-order valence-corrected chi connectivity index (χ4v) is 2.00. The van der Waals surface area contributed by atoms with Crippen LogP contribution in [-0.2, 0) is 18.2 Å². The molecule has 0 saturated heterocycles. The van der Waals surface area contributed by atoms with E-state index in [0.29, 0.717) is 13.2 Å². The normalized spacial score (nSPS) is 9.21. The van der Waals surface area contributed by atoms with Gasteiger partial charge in [-0.3, -0.25) is 0 Å². The topological polar surface area (TPSA) is 13.1 Å². The maximum Gasteiger partial charge on any atom is 0.224 e. The van der Waals surface area contributed by atoms with Gasteiger partial charge >= 0.3 is 0 Å². The van der Waals surface area contributed by atoms with Gasteiger partial charge in [-0.25, -0.2) is 0 Å². The van der Waals surface area contributed by atoms with Gasteiger partial charge in [0.2, 0.25) is 5.51 Å². The molecule has 0 spiro atoms. The summed E-state index contributed by atoms with van der Waals surface area (Å²) >= 11 is 1.77. The second kappa shape index (κ2) is 7.21. The van der Waals surface area contributed by atoms with E-state index in [-0.39, 0.29) is 24.0 Å². The zero-order chi connectivity index (χ0) is 9.68. The quantitative estimate of drug-likeness (QED) is 0.272. The average molecular weight is 323 g/mol. The van der Waals surface area contributed by atoms with Crippen molar-refractivity contribution in [2.45, 2.75) is 13.3 Å². The minimum Gasteiger partial charge on any atom is -1.00 e. The molecule has 0 aliphatic heterocycles. The van der Waals surface area contributed by atoms with Crippen molar-refractivity contribution in [1.29, 1.82) is 0 Å². The number of terminal acetylenes is 1. The molecule has 0 radical (unpaired) electrons. The third-order valence-electron chi connectivity index (χ3n) is 1.94. The van der Waals surface area contributed by atoms with Crippen molar-refractivity contribution in [3.8, 4) is 12.3 Å². The van der Waals surface area contributed by atoms with E-state index >= 15 is 0 Å². The fourth-order valence-electron chi connectivity index (χ4n) is 1.04. The lowest BCUT2D eigenvalue weighted by molar-refractivity contribution is -0.673. The van der Waals surface area contributed by atoms with Crippen molar-refractivity contribution in [2.75, 3.05) is 13.2 Å². The van der Waals surface area contributed by atoms with E-state index in [9.17, 15) is 0 Å². The minimum atomic E-state index is 0. The third kappa shape index (κ3) is 3.95. The highest BCUT2D eigenvalue weighted by molar-refractivity contribution is 7.09. The number of aryl methyl sites for hydroxylation is 1. The molecule has 14 heavy (non-hydrogen) atoms. The second-order valence-electron chi connectivity index (χ2n) is 2.85. The maximum atomic E-state index is 5.21. The number of aromatic nitrogens is 1. The number of hydrogen-bond donors (Lipinski definition) is 0. The molecule has 0 amide bonds. The highest BCUT2D eigenvalue weighted by atomic mass is 127. The zero-order valence-corrected chi connectivity index (χ0v) is 11.4. The van der Waals surface area contributed by atoms with Crippen molar-refractivity contribution in [3.05, 3.63) is 16.1 Å². The summed E-state index contributed by atoms with van der Waals surface area (Å²) in [7, 11) is 2.05. The minimum absolute atomic E-state index is 0. The van der Waals surface area contributed by atoms with Crippen molar-refractivity contribution >= 4 is 11.3 Å². The number of nitrogens with zero attached hydrogens (tertiary/aromatic N) is 1. The standard InChI is InChI=1S/C10H14NOS.HI/c1-4-6-12-7-5-10-9(2)11(3)8-13-10;/h1,8H,5-7H2,2-3H3;1H/q+1;/p-1. The number of ether oxygens (including phenoxy) is 1. The van der Waals surface area contributed by atoms with Crippen LogP contribution in [-0.4, -0.2) is 13.2 Å². The van der Waals surface area contributed by atoms with Crippen LogP contribution in [0.4, 0.5) is 0 Å². The number of rotatable bonds is 4. The van der Waals surface area contributed by atoms with Crippen molar-refractivity contribution in [3.63, 3.8) is 0 Å². The van der Waals surface area contributed by atoms with Crippen molar-refractivity contribution < 1.29 is 33.3 Å². The first-order valence-corrected chi connectivity index (χ1v) is 5.07. The van der Waals surface area contributed by atoms with Crippen LogP contribution in [0.15, 0.2) is 5.51 Å². The van der Waals surface area contributed by atoms with Gasteiger partial charge < -0.3 is 28.7 Å². The lowest BCUT2D eigenvalue weighted by atomic mass is 10.3. The Morgan fingerprint density at radius 1 is 1.64 bits per heavy atom. The lowest BCUT2D eigenvalue weighted by Crippen LogP contribution is -3.00. The van der Waals surface area contributed by atoms with Gasteiger partial charge in [-0.05, 0) is 0 Å². The molecule has 1 aromatic rings. The van der Waals surface area contributed by atoms with Crippen LogP contribution in [0, 0.1) is 19.3 Å². The molecule has 0 saturated carbocycles. The first-order valence-electron chi connectivity index (χ1n) is 4.19. The van der Waals surface area contributed by atoms with Crippen LogP contribution >= 0.6 is 11.3 Å². The Bertz CT molecular complexity index is 316. The van der Waals surface area contributed by atoms with Crippen molar-refractivity contribution in [2.24, 2.45) is 7.05 Å². The van der Waals surface area contributed by atoms with E-state index in [1.54, 1.807) is 11.3 Å². The molecule has 0 aliphatic rings. The molecule has 0 aliphatic carbocycles. The Morgan fingerprint density at radius 2 is 2.36 bits per heavy atom. The Labute approximate surface area is 106 Å². The van der Waals surface area contributed by atoms with E-state index < -0.39 is 0 Å². The highest BCUT2D eigenvalue weighted by Gasteiger charge is 2.10. The first kappa shape index (κ1) is 13.9. The van der Waals surface area contributed by atoms with Crippen LogP contribution in [0.5, 0.6) is 0 Å². The molecule has 2 nitrogen and oxygen atoms in total. The summed E-state index contributed by atoms with van der Waals surface area (Å²) in [6, 6.07) is 0. The summed E-state index contributed by atoms with van der Waals surface area (Å²) in [6.45, 7) is 3.25. The van der Waals surface area contributed by atoms with Gasteiger partial charge in [-0.1, -0.05) is 17.3 Å². The lowest BCUT2D eigenvalue weighted by Gasteiger charge is -1.96. The predicted molar refractivity (Wildman–Crippen MR) is 53.6 cm³/mol. The monoisotopic (exact) mass is 323 g/mol. The summed E-state index contributed by atoms with van der Waals surface area (Å²) < 4.78 is 7.34. The second-order valence-corrected chi connectivity index (χ2v) is 3.79. The summed E-state index contributed by atoms with van der Waals surface area (Å²) in [4.78, 5) is 1.37. The zero-order valence-electron chi connectivity index (χ0n) is 8.42. The van der Waals surface area contributed by atoms with Gasteiger partial charge in [-0.2, -0.15) is 4.57 Å². The predicted octanol–water partition coefficient (Wildman–Crippen LogP) is -1.92. The summed E-state index contributed by atoms with van der Waals surface area (Å²) in [5, 5.41) is 0. The molecule has 78 valence electrons. The van der Waals surface area contributed by atoms with Gasteiger partial charge in [0.15, 0.2) is 5.69 Å². The van der Waals surface area contributed by atoms with Crippen LogP contribution in [0.2, 0.25) is 0 Å². The van der Waals surface area contributed by atoms with Crippen LogP contribution in [0.25, 0.3) is 0 Å². The van der Waals surface area contributed by atoms with Crippen molar-refractivity contribution in [1.82, 2.24) is 0 Å². The van der Waals surface area contributed by atoms with Gasteiger partial charge in [0.1, 0.15) is 13.7 Å². The third-order valence-corrected chi connectivity index (χ3v) is 3.15. The molecule has 0 aromatic carbocycles. The van der Waals surface area contributed by atoms with E-state index in [0.717, 1.165) is 6.42 Å². The van der Waals surface area contributed by atoms with Crippen LogP contribution < -0.4 is 28.5 Å². The molecule has 1 rings (SSSR count). The molecular weight excluding hydrogens is 309 g/mol. The fraction of sp³-hybridized carbons (Fsp3) is 0.500. The number of halogens is 1. The van der Waals surface area contributed by atoms with Gasteiger partial charge in [0, 0.05) is 13.3 Å². The van der Waals surface area contributed by atoms with E-state index in [1.165, 1.54) is 10.6 Å². The molecule has 1 aromatic heterocycles. The smallest absolute Gasteiger partial charge is 0.224 e. The van der Waals surface area contributed by atoms with Crippen LogP contribution in [0.3, 0.4) is 0 Å². The average Bonchev–Trinajstić information content (AvgIpc) is 2.43. The summed E-state index contributed by atoms with van der Waals surface area (Å²) in [5.74, 6) is 2.45. The molecule has 0 N–H and O–H groups in total. The Hall–Kier alpha value is -0.120. The summed E-state index contributed by atoms with van der Waals surface area (Å²) in [5.41, 5.74) is 3.42. The molecule has 0 bridgehead atoms. The van der Waals surface area contributed by atoms with E-state index in [4.69, 9.17) is 11.2 Å². The molecule has 1 heterocycles. The molecule has 4 heteroatoms. The van der Waals surface area contributed by atoms with Gasteiger partial charge in [0.05, 0.1) is 11.5 Å². The van der Waals surface area contributed by atoms with Gasteiger partial charge in [0.25, 0.3) is 0 Å². The Morgan fingerprint density at radius 3 is 2.86 bits per heavy atom. The van der Waals surface area contributed by atoms with Gasteiger partial charge in [-0.15, -0.1) is 6.42 Å². The SMILES string of the molecule is C#CCOCCc1sc[n+](C)c1C.[I-]. The Kier molecular flexibility index (Phi) is 7.15. The highest BCUT2D eigenvalue weighted by Crippen LogP contribution is 2.10. The first-order chi connectivity index (χ1) is 6.25.